The van der Waals surface area contributed by atoms with E-state index >= 15 is 0 Å². The fourth-order valence-electron chi connectivity index (χ4n) is 0.952. The van der Waals surface area contributed by atoms with E-state index in [0.717, 1.165) is 31.6 Å². The third-order valence-electron chi connectivity index (χ3n) is 1.49. The van der Waals surface area contributed by atoms with E-state index in [1.54, 1.807) is 0 Å². The van der Waals surface area contributed by atoms with E-state index in [4.69, 9.17) is 15.6 Å². The molecule has 1 heterocycles. The lowest BCUT2D eigenvalue weighted by Gasteiger charge is -2.13. The highest BCUT2D eigenvalue weighted by molar-refractivity contribution is 5.80. The molecule has 1 atom stereocenters. The lowest BCUT2D eigenvalue weighted by molar-refractivity contribution is -0.134. The molecular formula is C8H16N2O2. The Morgan fingerprint density at radius 1 is 1.75 bits per heavy atom. The van der Waals surface area contributed by atoms with E-state index in [0.29, 0.717) is 0 Å². The van der Waals surface area contributed by atoms with Crippen molar-refractivity contribution in [1.82, 2.24) is 0 Å². The molecule has 70 valence electrons. The van der Waals surface area contributed by atoms with Crippen LogP contribution in [0.4, 0.5) is 0 Å². The summed E-state index contributed by atoms with van der Waals surface area (Å²) in [5.41, 5.74) is 5.48. The second-order valence-corrected chi connectivity index (χ2v) is 2.99. The predicted molar refractivity (Wildman–Crippen MR) is 48.2 cm³/mol. The molecule has 4 heteroatoms. The van der Waals surface area contributed by atoms with Gasteiger partial charge < -0.3 is 10.8 Å². The molecule has 0 spiro atoms. The summed E-state index contributed by atoms with van der Waals surface area (Å²) < 4.78 is 0. The van der Waals surface area contributed by atoms with Gasteiger partial charge in [0.25, 0.3) is 5.97 Å². The number of aliphatic carboxylic acids is 1. The van der Waals surface area contributed by atoms with Crippen molar-refractivity contribution in [1.29, 1.82) is 0 Å². The van der Waals surface area contributed by atoms with Crippen LogP contribution in [0, 0.1) is 5.92 Å². The number of nitrogens with zero attached hydrogens (tertiary/aromatic N) is 1. The van der Waals surface area contributed by atoms with Crippen molar-refractivity contribution in [3.63, 3.8) is 0 Å². The van der Waals surface area contributed by atoms with Crippen molar-refractivity contribution < 1.29 is 9.90 Å². The Morgan fingerprint density at radius 3 is 2.50 bits per heavy atom. The van der Waals surface area contributed by atoms with Crippen LogP contribution in [0.25, 0.3) is 0 Å². The minimum atomic E-state index is -0.833. The number of hydrogen-bond acceptors (Lipinski definition) is 3. The maximum Gasteiger partial charge on any atom is 0.300 e. The number of nitrogens with two attached hydrogens (primary N) is 1. The molecule has 0 radical (unpaired) electrons. The van der Waals surface area contributed by atoms with Crippen LogP contribution in [0.5, 0.6) is 0 Å². The summed E-state index contributed by atoms with van der Waals surface area (Å²) in [5.74, 6) is 0.760. The molecule has 0 fully saturated rings. The summed E-state index contributed by atoms with van der Waals surface area (Å²) in [6.45, 7) is 4.23. The minimum absolute atomic E-state index is 0.757. The molecule has 0 aromatic rings. The molecule has 4 nitrogen and oxygen atoms in total. The zero-order valence-corrected chi connectivity index (χ0v) is 7.58. The molecule has 3 N–H and O–H groups in total. The van der Waals surface area contributed by atoms with Crippen LogP contribution in [-0.2, 0) is 4.79 Å². The van der Waals surface area contributed by atoms with Crippen molar-refractivity contribution in [3.05, 3.63) is 0 Å². The second kappa shape index (κ2) is 5.57. The van der Waals surface area contributed by atoms with Crippen LogP contribution in [0.3, 0.4) is 0 Å². The lowest BCUT2D eigenvalue weighted by atomic mass is 10.0. The Labute approximate surface area is 72.5 Å². The maximum atomic E-state index is 9.00. The quantitative estimate of drug-likeness (QED) is 0.569. The summed E-state index contributed by atoms with van der Waals surface area (Å²) in [4.78, 5) is 13.1. The molecule has 0 saturated carbocycles. The molecule has 1 rings (SSSR count). The summed E-state index contributed by atoms with van der Waals surface area (Å²) in [6.07, 6.45) is 2.21. The van der Waals surface area contributed by atoms with Crippen LogP contribution < -0.4 is 5.73 Å². The number of carboxylic acid groups (broad SMARTS) is 1. The van der Waals surface area contributed by atoms with Crippen LogP contribution in [0.1, 0.15) is 26.7 Å². The third-order valence-corrected chi connectivity index (χ3v) is 1.49. The van der Waals surface area contributed by atoms with Gasteiger partial charge in [0.05, 0.1) is 5.84 Å². The van der Waals surface area contributed by atoms with Crippen LogP contribution in [0.15, 0.2) is 4.99 Å². The van der Waals surface area contributed by atoms with Crippen molar-refractivity contribution >= 4 is 11.8 Å². The number of amidine groups is 1. The highest BCUT2D eigenvalue weighted by atomic mass is 16.4. The van der Waals surface area contributed by atoms with Gasteiger partial charge in [-0.3, -0.25) is 9.79 Å². The number of carboxylic acids is 1. The van der Waals surface area contributed by atoms with Crippen LogP contribution in [0.2, 0.25) is 0 Å². The van der Waals surface area contributed by atoms with Crippen LogP contribution >= 0.6 is 0 Å². The van der Waals surface area contributed by atoms with Gasteiger partial charge in [0.2, 0.25) is 0 Å². The Morgan fingerprint density at radius 2 is 2.25 bits per heavy atom. The minimum Gasteiger partial charge on any atom is -0.481 e. The van der Waals surface area contributed by atoms with Gasteiger partial charge in [0, 0.05) is 19.9 Å². The molecule has 0 aromatic heterocycles. The monoisotopic (exact) mass is 172 g/mol. The van der Waals surface area contributed by atoms with E-state index in [9.17, 15) is 0 Å². The zero-order valence-electron chi connectivity index (χ0n) is 7.58. The van der Waals surface area contributed by atoms with E-state index in [-0.39, 0.29) is 0 Å². The first-order chi connectivity index (χ1) is 5.52. The maximum absolute atomic E-state index is 9.00. The summed E-state index contributed by atoms with van der Waals surface area (Å²) in [5, 5.41) is 7.42. The molecule has 0 aromatic carbocycles. The first kappa shape index (κ1) is 10.9. The van der Waals surface area contributed by atoms with Gasteiger partial charge in [0.15, 0.2) is 0 Å². The SMILES string of the molecule is CC(=O)O.CC1CCN=C(N)C1. The highest BCUT2D eigenvalue weighted by Crippen LogP contribution is 2.11. The van der Waals surface area contributed by atoms with E-state index in [1.807, 2.05) is 0 Å². The van der Waals surface area contributed by atoms with Gasteiger partial charge in [-0.2, -0.15) is 0 Å². The highest BCUT2D eigenvalue weighted by Gasteiger charge is 2.07. The molecular weight excluding hydrogens is 156 g/mol. The van der Waals surface area contributed by atoms with Crippen molar-refractivity contribution in [3.8, 4) is 0 Å². The molecule has 0 bridgehead atoms. The predicted octanol–water partition coefficient (Wildman–Crippen LogP) is 0.864. The largest absolute Gasteiger partial charge is 0.481 e. The Kier molecular flexibility index (Phi) is 5.08. The second-order valence-electron chi connectivity index (χ2n) is 2.99. The van der Waals surface area contributed by atoms with Gasteiger partial charge in [-0.25, -0.2) is 0 Å². The topological polar surface area (TPSA) is 75.7 Å². The fraction of sp³-hybridized carbons (Fsp3) is 0.750. The molecule has 12 heavy (non-hydrogen) atoms. The van der Waals surface area contributed by atoms with Gasteiger partial charge >= 0.3 is 0 Å². The van der Waals surface area contributed by atoms with Gasteiger partial charge in [0.1, 0.15) is 0 Å². The first-order valence-electron chi connectivity index (χ1n) is 4.00. The normalized spacial score (nSPS) is 21.8. The molecule has 0 saturated heterocycles. The average Bonchev–Trinajstić information content (AvgIpc) is 1.84. The standard InChI is InChI=1S/C6H12N2.C2H4O2/c1-5-2-3-8-6(7)4-5;1-2(3)4/h5H,2-4H2,1H3,(H2,7,8);1H3,(H,3,4). The van der Waals surface area contributed by atoms with Gasteiger partial charge in [-0.05, 0) is 12.3 Å². The van der Waals surface area contributed by atoms with Crippen molar-refractivity contribution in [2.75, 3.05) is 6.54 Å². The Bertz CT molecular complexity index is 174. The van der Waals surface area contributed by atoms with Gasteiger partial charge in [-0.15, -0.1) is 0 Å². The molecule has 0 aliphatic carbocycles. The molecule has 0 amide bonds. The third kappa shape index (κ3) is 7.05. The Hall–Kier alpha value is -1.06. The summed E-state index contributed by atoms with van der Waals surface area (Å²) >= 11 is 0. The first-order valence-corrected chi connectivity index (χ1v) is 4.00. The van der Waals surface area contributed by atoms with E-state index in [2.05, 4.69) is 11.9 Å². The average molecular weight is 172 g/mol. The van der Waals surface area contributed by atoms with E-state index < -0.39 is 5.97 Å². The molecule has 1 aliphatic heterocycles. The molecule has 1 unspecified atom stereocenters. The lowest BCUT2D eigenvalue weighted by Crippen LogP contribution is -2.20. The zero-order chi connectivity index (χ0) is 9.56. The summed E-state index contributed by atoms with van der Waals surface area (Å²) in [7, 11) is 0. The molecule has 1 aliphatic rings. The van der Waals surface area contributed by atoms with Gasteiger partial charge in [-0.1, -0.05) is 6.92 Å². The summed E-state index contributed by atoms with van der Waals surface area (Å²) in [6, 6.07) is 0. The number of aliphatic imine (C=N–C) groups is 1. The Balaban J connectivity index is 0.000000261. The van der Waals surface area contributed by atoms with Crippen molar-refractivity contribution in [2.24, 2.45) is 16.6 Å². The fourth-order valence-corrected chi connectivity index (χ4v) is 0.952. The van der Waals surface area contributed by atoms with Crippen molar-refractivity contribution in [2.45, 2.75) is 26.7 Å². The van der Waals surface area contributed by atoms with Crippen LogP contribution in [-0.4, -0.2) is 23.5 Å². The number of hydrogen-bond donors (Lipinski definition) is 2. The smallest absolute Gasteiger partial charge is 0.300 e. The van der Waals surface area contributed by atoms with E-state index in [1.165, 1.54) is 6.42 Å². The number of rotatable bonds is 0. The number of carbonyl (C=O) groups is 1.